The van der Waals surface area contributed by atoms with E-state index in [-0.39, 0.29) is 11.9 Å². The predicted molar refractivity (Wildman–Crippen MR) is 138 cm³/mol. The Morgan fingerprint density at radius 3 is 2.76 bits per heavy atom. The number of esters is 1. The van der Waals surface area contributed by atoms with Crippen molar-refractivity contribution in [2.45, 2.75) is 42.9 Å². The van der Waals surface area contributed by atoms with Crippen LogP contribution in [-0.2, 0) is 16.0 Å². The smallest absolute Gasteiger partial charge is 0.310 e. The number of benzene rings is 2. The largest absolute Gasteiger partial charge is 0.497 e. The van der Waals surface area contributed by atoms with Gasteiger partial charge < -0.3 is 9.47 Å². The summed E-state index contributed by atoms with van der Waals surface area (Å²) >= 11 is 1.85. The summed E-state index contributed by atoms with van der Waals surface area (Å²) in [5.74, 6) is 1.04. The first-order valence-corrected chi connectivity index (χ1v) is 12.9. The second-order valence-corrected chi connectivity index (χ2v) is 10.3. The highest BCUT2D eigenvalue weighted by Gasteiger charge is 2.36. The minimum atomic E-state index is -0.0780. The lowest BCUT2D eigenvalue weighted by Gasteiger charge is -2.40. The van der Waals surface area contributed by atoms with Crippen molar-refractivity contribution in [1.29, 1.82) is 0 Å². The molecule has 0 spiro atoms. The van der Waals surface area contributed by atoms with Crippen LogP contribution in [0.5, 0.6) is 5.75 Å². The molecule has 2 heterocycles. The minimum Gasteiger partial charge on any atom is -0.497 e. The van der Waals surface area contributed by atoms with Crippen molar-refractivity contribution >= 4 is 28.6 Å². The molecule has 1 saturated heterocycles. The predicted octanol–water partition coefficient (Wildman–Crippen LogP) is 5.82. The monoisotopic (exact) mass is 478 g/mol. The molecule has 1 aromatic heterocycles. The van der Waals surface area contributed by atoms with Gasteiger partial charge in [-0.05, 0) is 87.0 Å². The van der Waals surface area contributed by atoms with E-state index < -0.39 is 0 Å². The summed E-state index contributed by atoms with van der Waals surface area (Å²) in [5, 5.41) is 1.46. The van der Waals surface area contributed by atoms with Crippen molar-refractivity contribution < 1.29 is 14.3 Å². The zero-order chi connectivity index (χ0) is 23.9. The van der Waals surface area contributed by atoms with Gasteiger partial charge in [-0.1, -0.05) is 18.2 Å². The Kier molecular flexibility index (Phi) is 8.46. The lowest BCUT2D eigenvalue weighted by atomic mass is 9.81. The number of ether oxygens (including phenoxy) is 2. The molecule has 3 aromatic rings. The van der Waals surface area contributed by atoms with Gasteiger partial charge in [0.15, 0.2) is 0 Å². The number of carbonyl (C=O) groups excluding carboxylic acids is 1. The Hall–Kier alpha value is -2.57. The van der Waals surface area contributed by atoms with E-state index in [0.29, 0.717) is 11.3 Å². The number of aromatic nitrogens is 1. The van der Waals surface area contributed by atoms with Crippen LogP contribution in [0.1, 0.15) is 31.7 Å². The molecule has 3 atom stereocenters. The lowest BCUT2D eigenvalue weighted by Crippen LogP contribution is -2.46. The van der Waals surface area contributed by atoms with Crippen LogP contribution in [0.15, 0.2) is 65.7 Å². The SMILES string of the molecule is COC(=O)[C@H]1CN([C@@H](C)Sc2ccccc2)CC[C@H]1CCCc1ccnc2ccc(OC)cc12. The number of aryl methyl sites for hydroxylation is 1. The van der Waals surface area contributed by atoms with Gasteiger partial charge in [-0.2, -0.15) is 0 Å². The standard InChI is InChI=1S/C28H34N2O3S/c1-20(34-24-10-5-4-6-11-24)30-17-15-22(26(19-30)28(31)33-3)9-7-8-21-14-16-29-27-13-12-23(32-2)18-25(21)27/h4-6,10-14,16,18,20,22,26H,7-9,15,17,19H2,1-3H3/t20-,22-,26+/m1/s1. The first-order valence-electron chi connectivity index (χ1n) is 12.0. The van der Waals surface area contributed by atoms with Gasteiger partial charge in [-0.25, -0.2) is 0 Å². The van der Waals surface area contributed by atoms with E-state index in [9.17, 15) is 4.79 Å². The van der Waals surface area contributed by atoms with E-state index in [1.807, 2.05) is 36.2 Å². The third-order valence-electron chi connectivity index (χ3n) is 6.92. The first kappa shape index (κ1) is 24.6. The van der Waals surface area contributed by atoms with Crippen molar-refractivity contribution in [1.82, 2.24) is 9.88 Å². The minimum absolute atomic E-state index is 0.0770. The van der Waals surface area contributed by atoms with Crippen LogP contribution in [-0.4, -0.2) is 48.5 Å². The quantitative estimate of drug-likeness (QED) is 0.286. The van der Waals surface area contributed by atoms with Crippen LogP contribution in [0, 0.1) is 11.8 Å². The summed E-state index contributed by atoms with van der Waals surface area (Å²) in [7, 11) is 3.20. The van der Waals surface area contributed by atoms with Gasteiger partial charge in [0.2, 0.25) is 0 Å². The lowest BCUT2D eigenvalue weighted by molar-refractivity contribution is -0.150. The molecule has 0 N–H and O–H groups in total. The van der Waals surface area contributed by atoms with Gasteiger partial charge in [0.05, 0.1) is 31.0 Å². The Bertz CT molecular complexity index is 1090. The molecule has 6 heteroatoms. The fourth-order valence-corrected chi connectivity index (χ4v) is 6.02. The van der Waals surface area contributed by atoms with Crippen LogP contribution < -0.4 is 4.74 Å². The van der Waals surface area contributed by atoms with Gasteiger partial charge in [0.1, 0.15) is 5.75 Å². The number of piperidine rings is 1. The molecule has 34 heavy (non-hydrogen) atoms. The highest BCUT2D eigenvalue weighted by Crippen LogP contribution is 2.34. The third kappa shape index (κ3) is 5.91. The van der Waals surface area contributed by atoms with Gasteiger partial charge in [0.25, 0.3) is 0 Å². The number of fused-ring (bicyclic) bond motifs is 1. The van der Waals surface area contributed by atoms with E-state index in [1.54, 1.807) is 7.11 Å². The molecule has 0 saturated carbocycles. The maximum absolute atomic E-state index is 12.7. The summed E-state index contributed by atoms with van der Waals surface area (Å²) in [6.45, 7) is 4.00. The van der Waals surface area contributed by atoms with E-state index in [4.69, 9.17) is 9.47 Å². The number of rotatable bonds is 9. The molecule has 0 bridgehead atoms. The Morgan fingerprint density at radius 1 is 1.18 bits per heavy atom. The molecule has 0 radical (unpaired) electrons. The van der Waals surface area contributed by atoms with E-state index in [0.717, 1.165) is 55.4 Å². The van der Waals surface area contributed by atoms with Crippen LogP contribution in [0.25, 0.3) is 10.9 Å². The zero-order valence-electron chi connectivity index (χ0n) is 20.3. The Balaban J connectivity index is 1.38. The highest BCUT2D eigenvalue weighted by atomic mass is 32.2. The normalized spacial score (nSPS) is 19.6. The van der Waals surface area contributed by atoms with Crippen LogP contribution >= 0.6 is 11.8 Å². The van der Waals surface area contributed by atoms with Crippen molar-refractivity contribution in [2.24, 2.45) is 11.8 Å². The fourth-order valence-electron chi connectivity index (χ4n) is 4.97. The molecule has 5 nitrogen and oxygen atoms in total. The Morgan fingerprint density at radius 2 is 2.00 bits per heavy atom. The number of carbonyl (C=O) groups is 1. The molecular weight excluding hydrogens is 444 g/mol. The molecule has 0 amide bonds. The summed E-state index contributed by atoms with van der Waals surface area (Å²) in [6.07, 6.45) is 5.90. The van der Waals surface area contributed by atoms with Crippen molar-refractivity contribution in [3.63, 3.8) is 0 Å². The summed E-state index contributed by atoms with van der Waals surface area (Å²) in [4.78, 5) is 20.9. The van der Waals surface area contributed by atoms with Crippen LogP contribution in [0.4, 0.5) is 0 Å². The highest BCUT2D eigenvalue weighted by molar-refractivity contribution is 7.99. The second-order valence-electron chi connectivity index (χ2n) is 8.95. The molecule has 180 valence electrons. The number of methoxy groups -OCH3 is 2. The molecule has 4 rings (SSSR count). The van der Waals surface area contributed by atoms with Crippen molar-refractivity contribution in [3.05, 3.63) is 66.4 Å². The summed E-state index contributed by atoms with van der Waals surface area (Å²) in [6, 6.07) is 18.6. The molecule has 1 aliphatic heterocycles. The number of hydrogen-bond acceptors (Lipinski definition) is 6. The number of pyridine rings is 1. The first-order chi connectivity index (χ1) is 16.6. The van der Waals surface area contributed by atoms with E-state index in [2.05, 4.69) is 53.2 Å². The molecule has 1 aliphatic rings. The van der Waals surface area contributed by atoms with Gasteiger partial charge >= 0.3 is 5.97 Å². The summed E-state index contributed by atoms with van der Waals surface area (Å²) < 4.78 is 10.6. The number of hydrogen-bond donors (Lipinski definition) is 0. The topological polar surface area (TPSA) is 51.7 Å². The number of likely N-dealkylation sites (tertiary alicyclic amines) is 1. The van der Waals surface area contributed by atoms with Gasteiger partial charge in [-0.3, -0.25) is 14.7 Å². The van der Waals surface area contributed by atoms with Gasteiger partial charge in [-0.15, -0.1) is 11.8 Å². The molecule has 0 unspecified atom stereocenters. The van der Waals surface area contributed by atoms with Crippen molar-refractivity contribution in [2.75, 3.05) is 27.3 Å². The van der Waals surface area contributed by atoms with Gasteiger partial charge in [0, 0.05) is 23.0 Å². The Labute approximate surface area is 206 Å². The van der Waals surface area contributed by atoms with Crippen molar-refractivity contribution in [3.8, 4) is 5.75 Å². The molecule has 1 fully saturated rings. The van der Waals surface area contributed by atoms with E-state index in [1.165, 1.54) is 17.6 Å². The third-order valence-corrected chi connectivity index (χ3v) is 8.10. The number of nitrogens with zero attached hydrogens (tertiary/aromatic N) is 2. The molecule has 0 aliphatic carbocycles. The fraction of sp³-hybridized carbons (Fsp3) is 0.429. The maximum atomic E-state index is 12.7. The zero-order valence-corrected chi connectivity index (χ0v) is 21.1. The van der Waals surface area contributed by atoms with E-state index >= 15 is 0 Å². The summed E-state index contributed by atoms with van der Waals surface area (Å²) in [5.41, 5.74) is 2.27. The second kappa shape index (κ2) is 11.7. The average Bonchev–Trinajstić information content (AvgIpc) is 2.88. The number of thioether (sulfide) groups is 1. The van der Waals surface area contributed by atoms with Crippen LogP contribution in [0.3, 0.4) is 0 Å². The maximum Gasteiger partial charge on any atom is 0.310 e. The van der Waals surface area contributed by atoms with Crippen LogP contribution in [0.2, 0.25) is 0 Å². The average molecular weight is 479 g/mol. The molecular formula is C28H34N2O3S. The molecule has 2 aromatic carbocycles.